The van der Waals surface area contributed by atoms with Gasteiger partial charge in [-0.3, -0.25) is 14.4 Å². The molecule has 3 aliphatic rings. The predicted molar refractivity (Wildman–Crippen MR) is 118 cm³/mol. The zero-order chi connectivity index (χ0) is 21.3. The maximum Gasteiger partial charge on any atom is 0.240 e. The predicted octanol–water partition coefficient (Wildman–Crippen LogP) is 3.94. The lowest BCUT2D eigenvalue weighted by atomic mass is 9.84. The zero-order valence-corrected chi connectivity index (χ0v) is 16.9. The van der Waals surface area contributed by atoms with Crippen molar-refractivity contribution in [1.29, 1.82) is 0 Å². The summed E-state index contributed by atoms with van der Waals surface area (Å²) in [5.74, 6) is -1.89. The third kappa shape index (κ3) is 2.34. The standard InChI is InChI=1S/C26H20N2O3/c1-15(29)23-21-22(24-19-11-5-3-8-17(19)13-14-27(23)24)26(31)28(25(21)30)20-12-6-9-16-7-2-4-10-18(16)20/h2-14,21-24H,1H3/t21-,22+,23-,24-/m1/s1. The molecule has 0 aliphatic carbocycles. The molecule has 5 heteroatoms. The van der Waals surface area contributed by atoms with Crippen LogP contribution in [-0.2, 0) is 14.4 Å². The largest absolute Gasteiger partial charge is 0.359 e. The Labute approximate surface area is 179 Å². The summed E-state index contributed by atoms with van der Waals surface area (Å²) in [6.45, 7) is 1.51. The van der Waals surface area contributed by atoms with Gasteiger partial charge in [-0.15, -0.1) is 0 Å². The van der Waals surface area contributed by atoms with Gasteiger partial charge in [-0.25, -0.2) is 4.90 Å². The molecule has 31 heavy (non-hydrogen) atoms. The summed E-state index contributed by atoms with van der Waals surface area (Å²) in [5.41, 5.74) is 2.61. The molecule has 5 nitrogen and oxygen atoms in total. The van der Waals surface area contributed by atoms with Crippen LogP contribution in [0.4, 0.5) is 5.69 Å². The van der Waals surface area contributed by atoms with E-state index in [1.807, 2.05) is 83.9 Å². The number of nitrogens with zero attached hydrogens (tertiary/aromatic N) is 2. The van der Waals surface area contributed by atoms with E-state index in [2.05, 4.69) is 0 Å². The van der Waals surface area contributed by atoms with Crippen molar-refractivity contribution in [3.05, 3.63) is 84.1 Å². The first-order valence-corrected chi connectivity index (χ1v) is 10.5. The molecule has 3 aliphatic heterocycles. The minimum atomic E-state index is -0.690. The van der Waals surface area contributed by atoms with Crippen molar-refractivity contribution in [2.75, 3.05) is 4.90 Å². The summed E-state index contributed by atoms with van der Waals surface area (Å²) in [4.78, 5) is 43.5. The van der Waals surface area contributed by atoms with Crippen molar-refractivity contribution in [2.45, 2.75) is 19.0 Å². The van der Waals surface area contributed by atoms with Gasteiger partial charge in [-0.05, 0) is 35.6 Å². The maximum absolute atomic E-state index is 13.8. The highest BCUT2D eigenvalue weighted by molar-refractivity contribution is 6.26. The molecule has 6 rings (SSSR count). The quantitative estimate of drug-likeness (QED) is 0.603. The van der Waals surface area contributed by atoms with Gasteiger partial charge in [0, 0.05) is 11.6 Å². The van der Waals surface area contributed by atoms with Crippen LogP contribution in [0, 0.1) is 11.8 Å². The van der Waals surface area contributed by atoms with E-state index in [1.165, 1.54) is 11.8 Å². The molecule has 3 heterocycles. The molecule has 4 atom stereocenters. The highest BCUT2D eigenvalue weighted by atomic mass is 16.2. The molecule has 0 unspecified atom stereocenters. The number of Topliss-reactive ketones (excluding diaryl/α,β-unsaturated/α-hetero) is 1. The summed E-state index contributed by atoms with van der Waals surface area (Å²) >= 11 is 0. The van der Waals surface area contributed by atoms with E-state index < -0.39 is 17.9 Å². The van der Waals surface area contributed by atoms with Crippen molar-refractivity contribution in [3.63, 3.8) is 0 Å². The van der Waals surface area contributed by atoms with Gasteiger partial charge in [-0.2, -0.15) is 0 Å². The van der Waals surface area contributed by atoms with Gasteiger partial charge in [0.25, 0.3) is 0 Å². The lowest BCUT2D eigenvalue weighted by Gasteiger charge is -2.35. The second-order valence-corrected chi connectivity index (χ2v) is 8.45. The highest BCUT2D eigenvalue weighted by Gasteiger charge is 2.64. The molecule has 0 saturated carbocycles. The Hall–Kier alpha value is -3.73. The number of hydrogen-bond donors (Lipinski definition) is 0. The van der Waals surface area contributed by atoms with Crippen LogP contribution in [0.3, 0.4) is 0 Å². The first-order valence-electron chi connectivity index (χ1n) is 10.5. The summed E-state index contributed by atoms with van der Waals surface area (Å²) in [6, 6.07) is 20.3. The zero-order valence-electron chi connectivity index (χ0n) is 16.9. The normalized spacial score (nSPS) is 26.2. The summed E-state index contributed by atoms with van der Waals surface area (Å²) in [5, 5.41) is 1.82. The van der Waals surface area contributed by atoms with Crippen LogP contribution in [0.15, 0.2) is 72.9 Å². The molecule has 0 spiro atoms. The first kappa shape index (κ1) is 18.1. The SMILES string of the molecule is CC(=O)[C@@H]1[C@@H]2C(=O)N(c3cccc4ccccc34)C(=O)[C@@H]2[C@H]2c3ccccc3C=CN12. The molecule has 0 bridgehead atoms. The van der Waals surface area contributed by atoms with Crippen LogP contribution < -0.4 is 4.90 Å². The van der Waals surface area contributed by atoms with E-state index in [1.54, 1.807) is 0 Å². The minimum Gasteiger partial charge on any atom is -0.359 e. The fourth-order valence-electron chi connectivity index (χ4n) is 5.66. The third-order valence-corrected chi connectivity index (χ3v) is 6.89. The number of rotatable bonds is 2. The summed E-state index contributed by atoms with van der Waals surface area (Å²) < 4.78 is 0. The fraction of sp³-hybridized carbons (Fsp3) is 0.192. The smallest absolute Gasteiger partial charge is 0.240 e. The van der Waals surface area contributed by atoms with E-state index in [0.717, 1.165) is 21.9 Å². The Balaban J connectivity index is 1.53. The van der Waals surface area contributed by atoms with Gasteiger partial charge in [0.1, 0.15) is 0 Å². The van der Waals surface area contributed by atoms with Crippen molar-refractivity contribution in [2.24, 2.45) is 11.8 Å². The molecule has 3 aromatic rings. The van der Waals surface area contributed by atoms with Gasteiger partial charge in [-0.1, -0.05) is 60.7 Å². The Kier molecular flexibility index (Phi) is 3.72. The lowest BCUT2D eigenvalue weighted by Crippen LogP contribution is -2.43. The molecule has 0 radical (unpaired) electrons. The van der Waals surface area contributed by atoms with E-state index in [9.17, 15) is 14.4 Å². The summed E-state index contributed by atoms with van der Waals surface area (Å²) in [7, 11) is 0. The van der Waals surface area contributed by atoms with Crippen molar-refractivity contribution in [1.82, 2.24) is 4.90 Å². The monoisotopic (exact) mass is 408 g/mol. The molecule has 0 aromatic heterocycles. The molecule has 2 saturated heterocycles. The molecule has 2 fully saturated rings. The van der Waals surface area contributed by atoms with Crippen LogP contribution in [0.25, 0.3) is 16.8 Å². The van der Waals surface area contributed by atoms with Gasteiger partial charge < -0.3 is 4.90 Å². The number of imide groups is 1. The van der Waals surface area contributed by atoms with Gasteiger partial charge in [0.15, 0.2) is 5.78 Å². The fourth-order valence-corrected chi connectivity index (χ4v) is 5.66. The van der Waals surface area contributed by atoms with Crippen LogP contribution in [0.2, 0.25) is 0 Å². The van der Waals surface area contributed by atoms with E-state index in [4.69, 9.17) is 0 Å². The number of carbonyl (C=O) groups is 3. The number of anilines is 1. The lowest BCUT2D eigenvalue weighted by molar-refractivity contribution is -0.128. The number of fused-ring (bicyclic) bond motifs is 6. The Bertz CT molecular complexity index is 1310. The topological polar surface area (TPSA) is 57.7 Å². The van der Waals surface area contributed by atoms with Crippen LogP contribution >= 0.6 is 0 Å². The molecule has 0 N–H and O–H groups in total. The number of ketones is 1. The molecular weight excluding hydrogens is 388 g/mol. The Morgan fingerprint density at radius 2 is 1.55 bits per heavy atom. The van der Waals surface area contributed by atoms with Gasteiger partial charge >= 0.3 is 0 Å². The molecule has 2 amide bonds. The van der Waals surface area contributed by atoms with E-state index >= 15 is 0 Å². The maximum atomic E-state index is 13.8. The Morgan fingerprint density at radius 1 is 0.839 bits per heavy atom. The number of hydrogen-bond acceptors (Lipinski definition) is 4. The van der Waals surface area contributed by atoms with Crippen molar-refractivity contribution in [3.8, 4) is 0 Å². The van der Waals surface area contributed by atoms with E-state index in [-0.39, 0.29) is 23.6 Å². The van der Waals surface area contributed by atoms with Crippen molar-refractivity contribution >= 4 is 40.1 Å². The molecule has 152 valence electrons. The average Bonchev–Trinajstić information content (AvgIpc) is 3.26. The van der Waals surface area contributed by atoms with Crippen LogP contribution in [0.5, 0.6) is 0 Å². The van der Waals surface area contributed by atoms with Gasteiger partial charge in [0.2, 0.25) is 11.8 Å². The number of carbonyl (C=O) groups excluding carboxylic acids is 3. The minimum absolute atomic E-state index is 0.0950. The second kappa shape index (κ2) is 6.38. The second-order valence-electron chi connectivity index (χ2n) is 8.45. The van der Waals surface area contributed by atoms with Crippen molar-refractivity contribution < 1.29 is 14.4 Å². The van der Waals surface area contributed by atoms with Crippen LogP contribution in [-0.4, -0.2) is 28.5 Å². The number of benzene rings is 3. The Morgan fingerprint density at radius 3 is 2.39 bits per heavy atom. The highest BCUT2D eigenvalue weighted by Crippen LogP contribution is 2.53. The molecule has 3 aromatic carbocycles. The first-order chi connectivity index (χ1) is 15.1. The number of amides is 2. The van der Waals surface area contributed by atoms with Crippen LogP contribution in [0.1, 0.15) is 24.1 Å². The van der Waals surface area contributed by atoms with E-state index in [0.29, 0.717) is 5.69 Å². The summed E-state index contributed by atoms with van der Waals surface area (Å²) in [6.07, 6.45) is 3.83. The molecular formula is C26H20N2O3. The van der Waals surface area contributed by atoms with Gasteiger partial charge in [0.05, 0.1) is 29.6 Å². The third-order valence-electron chi connectivity index (χ3n) is 6.89. The average molecular weight is 408 g/mol.